The van der Waals surface area contributed by atoms with Gasteiger partial charge in [-0.25, -0.2) is 4.79 Å². The van der Waals surface area contributed by atoms with Crippen molar-refractivity contribution in [1.82, 2.24) is 0 Å². The van der Waals surface area contributed by atoms with Crippen LogP contribution in [-0.4, -0.2) is 31.4 Å². The predicted octanol–water partition coefficient (Wildman–Crippen LogP) is 1.93. The fourth-order valence-corrected chi connectivity index (χ4v) is 2.10. The average molecular weight is 289 g/mol. The smallest absolute Gasteiger partial charge is 0.343 e. The first-order valence-corrected chi connectivity index (χ1v) is 5.34. The number of hydrogen-bond acceptors (Lipinski definition) is 4. The van der Waals surface area contributed by atoms with Gasteiger partial charge in [-0.1, -0.05) is 0 Å². The lowest BCUT2D eigenvalue weighted by molar-refractivity contribution is 0.0681. The first-order chi connectivity index (χ1) is 7.65. The largest absolute Gasteiger partial charge is 0.495 e. The summed E-state index contributed by atoms with van der Waals surface area (Å²) in [5, 5.41) is 9.14. The topological polar surface area (TPSA) is 65.0 Å². The number of rotatable bonds is 2. The van der Waals surface area contributed by atoms with E-state index in [9.17, 15) is 4.79 Å². The van der Waals surface area contributed by atoms with Crippen LogP contribution in [-0.2, 0) is 0 Å². The van der Waals surface area contributed by atoms with Gasteiger partial charge in [0.25, 0.3) is 0 Å². The van der Waals surface area contributed by atoms with Crippen LogP contribution in [0, 0.1) is 0 Å². The number of halogens is 1. The van der Waals surface area contributed by atoms with Crippen LogP contribution in [0.1, 0.15) is 10.4 Å². The molecule has 1 aromatic carbocycles. The van der Waals surface area contributed by atoms with E-state index in [1.807, 2.05) is 0 Å². The molecular formula is C10H9BrO5. The lowest BCUT2D eigenvalue weighted by Gasteiger charge is -2.21. The van der Waals surface area contributed by atoms with Crippen LogP contribution in [0.3, 0.4) is 0 Å². The van der Waals surface area contributed by atoms with Gasteiger partial charge in [-0.05, 0) is 15.9 Å². The highest BCUT2D eigenvalue weighted by atomic mass is 79.9. The third kappa shape index (κ3) is 1.69. The van der Waals surface area contributed by atoms with Gasteiger partial charge < -0.3 is 19.3 Å². The molecule has 1 N–H and O–H groups in total. The fourth-order valence-electron chi connectivity index (χ4n) is 1.53. The van der Waals surface area contributed by atoms with E-state index in [0.29, 0.717) is 23.4 Å². The second kappa shape index (κ2) is 4.21. The van der Waals surface area contributed by atoms with Crippen molar-refractivity contribution in [2.75, 3.05) is 20.3 Å². The molecule has 0 aliphatic carbocycles. The Balaban J connectivity index is 2.68. The molecule has 0 fully saturated rings. The van der Waals surface area contributed by atoms with Gasteiger partial charge in [-0.15, -0.1) is 0 Å². The molecule has 0 atom stereocenters. The van der Waals surface area contributed by atoms with Gasteiger partial charge in [0.05, 0.1) is 11.6 Å². The molecule has 86 valence electrons. The van der Waals surface area contributed by atoms with Gasteiger partial charge in [-0.2, -0.15) is 0 Å². The summed E-state index contributed by atoms with van der Waals surface area (Å²) in [5.74, 6) is -0.244. The van der Waals surface area contributed by atoms with Crippen LogP contribution < -0.4 is 14.2 Å². The summed E-state index contributed by atoms with van der Waals surface area (Å²) in [6.45, 7) is 0.739. The summed E-state index contributed by atoms with van der Waals surface area (Å²) in [7, 11) is 1.41. The van der Waals surface area contributed by atoms with Gasteiger partial charge >= 0.3 is 5.97 Å². The zero-order valence-corrected chi connectivity index (χ0v) is 10.0. The molecule has 5 nitrogen and oxygen atoms in total. The van der Waals surface area contributed by atoms with Crippen molar-refractivity contribution in [3.8, 4) is 17.2 Å². The Morgan fingerprint density at radius 3 is 2.81 bits per heavy atom. The van der Waals surface area contributed by atoms with Gasteiger partial charge in [0.15, 0.2) is 17.2 Å². The zero-order valence-electron chi connectivity index (χ0n) is 8.45. The van der Waals surface area contributed by atoms with E-state index in [-0.39, 0.29) is 17.1 Å². The lowest BCUT2D eigenvalue weighted by Crippen LogP contribution is -2.18. The van der Waals surface area contributed by atoms with Crippen LogP contribution in [0.5, 0.6) is 17.2 Å². The number of aromatic carboxylic acids is 1. The molecule has 0 bridgehead atoms. The minimum absolute atomic E-state index is 0.0217. The number of ether oxygens (including phenoxy) is 3. The highest BCUT2D eigenvalue weighted by Crippen LogP contribution is 2.44. The number of carbonyl (C=O) groups is 1. The molecule has 0 spiro atoms. The highest BCUT2D eigenvalue weighted by molar-refractivity contribution is 9.10. The van der Waals surface area contributed by atoms with Crippen molar-refractivity contribution in [1.29, 1.82) is 0 Å². The maximum atomic E-state index is 11.2. The quantitative estimate of drug-likeness (QED) is 0.901. The normalized spacial score (nSPS) is 13.4. The summed E-state index contributed by atoms with van der Waals surface area (Å²) in [5.41, 5.74) is -0.0217. The molecule has 0 saturated carbocycles. The van der Waals surface area contributed by atoms with E-state index < -0.39 is 5.97 Å². The first kappa shape index (κ1) is 11.1. The van der Waals surface area contributed by atoms with E-state index in [0.717, 1.165) is 0 Å². The molecule has 0 radical (unpaired) electrons. The molecule has 1 aromatic rings. The maximum absolute atomic E-state index is 11.2. The molecule has 1 aliphatic rings. The third-order valence-corrected chi connectivity index (χ3v) is 2.75. The Labute approximate surface area is 100 Å². The number of carboxylic acids is 1. The standard InChI is InChI=1S/C10H9BrO5/c1-14-8-5(11)4-6-9(7(8)10(12)13)16-3-2-15-6/h4H,2-3H2,1H3,(H,12,13). The summed E-state index contributed by atoms with van der Waals surface area (Å²) >= 11 is 3.23. The van der Waals surface area contributed by atoms with Crippen molar-refractivity contribution < 1.29 is 24.1 Å². The minimum atomic E-state index is -1.11. The van der Waals surface area contributed by atoms with Crippen LogP contribution in [0.2, 0.25) is 0 Å². The molecule has 1 heterocycles. The summed E-state index contributed by atoms with van der Waals surface area (Å²) < 4.78 is 16.2. The van der Waals surface area contributed by atoms with E-state index in [4.69, 9.17) is 19.3 Å². The average Bonchev–Trinajstić information content (AvgIpc) is 2.26. The Bertz CT molecular complexity index is 443. The fraction of sp³-hybridized carbons (Fsp3) is 0.300. The van der Waals surface area contributed by atoms with Gasteiger partial charge in [0.2, 0.25) is 0 Å². The summed E-state index contributed by atoms with van der Waals surface area (Å²) in [4.78, 5) is 11.2. The van der Waals surface area contributed by atoms with Crippen molar-refractivity contribution in [2.45, 2.75) is 0 Å². The SMILES string of the molecule is COc1c(Br)cc2c(c1C(=O)O)OCCO2. The second-order valence-electron chi connectivity index (χ2n) is 3.10. The van der Waals surface area contributed by atoms with E-state index in [1.54, 1.807) is 6.07 Å². The Morgan fingerprint density at radius 2 is 2.19 bits per heavy atom. The molecule has 16 heavy (non-hydrogen) atoms. The Hall–Kier alpha value is -1.43. The Kier molecular flexibility index (Phi) is 2.91. The molecule has 0 aromatic heterocycles. The third-order valence-electron chi connectivity index (χ3n) is 2.16. The van der Waals surface area contributed by atoms with Crippen molar-refractivity contribution in [2.24, 2.45) is 0 Å². The number of hydrogen-bond donors (Lipinski definition) is 1. The van der Waals surface area contributed by atoms with E-state index in [1.165, 1.54) is 7.11 Å². The minimum Gasteiger partial charge on any atom is -0.495 e. The predicted molar refractivity (Wildman–Crippen MR) is 58.6 cm³/mol. The summed E-state index contributed by atoms with van der Waals surface area (Å²) in [6, 6.07) is 1.64. The van der Waals surface area contributed by atoms with Gasteiger partial charge in [-0.3, -0.25) is 0 Å². The van der Waals surface area contributed by atoms with Gasteiger partial charge in [0, 0.05) is 6.07 Å². The zero-order chi connectivity index (χ0) is 11.7. The molecule has 2 rings (SSSR count). The van der Waals surface area contributed by atoms with Crippen molar-refractivity contribution >= 4 is 21.9 Å². The van der Waals surface area contributed by atoms with Crippen molar-refractivity contribution in [3.05, 3.63) is 16.1 Å². The Morgan fingerprint density at radius 1 is 1.50 bits per heavy atom. The number of methoxy groups -OCH3 is 1. The van der Waals surface area contributed by atoms with Gasteiger partial charge in [0.1, 0.15) is 18.8 Å². The van der Waals surface area contributed by atoms with Crippen molar-refractivity contribution in [3.63, 3.8) is 0 Å². The molecule has 0 unspecified atom stereocenters. The maximum Gasteiger partial charge on any atom is 0.343 e. The second-order valence-corrected chi connectivity index (χ2v) is 3.95. The molecule has 1 aliphatic heterocycles. The highest BCUT2D eigenvalue weighted by Gasteiger charge is 2.27. The molecule has 6 heteroatoms. The van der Waals surface area contributed by atoms with Crippen LogP contribution >= 0.6 is 15.9 Å². The monoisotopic (exact) mass is 288 g/mol. The number of fused-ring (bicyclic) bond motifs is 1. The number of carboxylic acid groups (broad SMARTS) is 1. The van der Waals surface area contributed by atoms with Crippen LogP contribution in [0.4, 0.5) is 0 Å². The lowest BCUT2D eigenvalue weighted by atomic mass is 10.1. The van der Waals surface area contributed by atoms with E-state index >= 15 is 0 Å². The summed E-state index contributed by atoms with van der Waals surface area (Å²) in [6.07, 6.45) is 0. The van der Waals surface area contributed by atoms with Crippen LogP contribution in [0.15, 0.2) is 10.5 Å². The van der Waals surface area contributed by atoms with Crippen LogP contribution in [0.25, 0.3) is 0 Å². The molecule has 0 amide bonds. The molecular weight excluding hydrogens is 280 g/mol. The first-order valence-electron chi connectivity index (χ1n) is 4.54. The molecule has 0 saturated heterocycles. The number of benzene rings is 1. The van der Waals surface area contributed by atoms with E-state index in [2.05, 4.69) is 15.9 Å².